The fraction of sp³-hybridized carbons (Fsp3) is 0.593. The zero-order valence-electron chi connectivity index (χ0n) is 23.7. The highest BCUT2D eigenvalue weighted by Crippen LogP contribution is 2.12. The number of rotatable bonds is 15. The molecule has 218 valence electrons. The van der Waals surface area contributed by atoms with E-state index in [9.17, 15) is 24.0 Å². The SMILES string of the molecule is CC(C)(C)OC(=O)CC[C@H](NC(=O)OCc1ccccc1)C(=O)N[C@@H](CCC(=O)O)C(=O)OCC[Si](C)(C)C. The predicted molar refractivity (Wildman–Crippen MR) is 147 cm³/mol. The van der Waals surface area contributed by atoms with Crippen LogP contribution >= 0.6 is 0 Å². The van der Waals surface area contributed by atoms with Crippen molar-refractivity contribution in [2.45, 2.75) is 96.4 Å². The highest BCUT2D eigenvalue weighted by Gasteiger charge is 2.30. The molecule has 0 unspecified atom stereocenters. The number of hydrogen-bond acceptors (Lipinski definition) is 8. The number of amides is 2. The van der Waals surface area contributed by atoms with Crippen LogP contribution in [0.5, 0.6) is 0 Å². The van der Waals surface area contributed by atoms with Gasteiger partial charge >= 0.3 is 24.0 Å². The van der Waals surface area contributed by atoms with Gasteiger partial charge in [-0.05, 0) is 45.2 Å². The summed E-state index contributed by atoms with van der Waals surface area (Å²) in [6, 6.07) is 7.11. The predicted octanol–water partition coefficient (Wildman–Crippen LogP) is 3.63. The van der Waals surface area contributed by atoms with Gasteiger partial charge in [-0.1, -0.05) is 50.0 Å². The van der Waals surface area contributed by atoms with E-state index in [-0.39, 0.29) is 38.9 Å². The average Bonchev–Trinajstić information content (AvgIpc) is 2.81. The first kappa shape index (κ1) is 33.6. The summed E-state index contributed by atoms with van der Waals surface area (Å²) in [5.41, 5.74) is -0.00410. The van der Waals surface area contributed by atoms with Crippen LogP contribution in [0, 0.1) is 0 Å². The third kappa shape index (κ3) is 16.2. The largest absolute Gasteiger partial charge is 0.481 e. The minimum atomic E-state index is -1.50. The van der Waals surface area contributed by atoms with Crippen LogP contribution in [-0.2, 0) is 40.0 Å². The molecule has 11 nitrogen and oxygen atoms in total. The summed E-state index contributed by atoms with van der Waals surface area (Å²) >= 11 is 0. The molecule has 2 amide bonds. The van der Waals surface area contributed by atoms with Gasteiger partial charge in [0.25, 0.3) is 0 Å². The lowest BCUT2D eigenvalue weighted by Gasteiger charge is -2.24. The average molecular weight is 567 g/mol. The molecule has 39 heavy (non-hydrogen) atoms. The Bertz CT molecular complexity index is 972. The van der Waals surface area contributed by atoms with Gasteiger partial charge in [-0.3, -0.25) is 14.4 Å². The van der Waals surface area contributed by atoms with Crippen molar-refractivity contribution in [3.8, 4) is 0 Å². The number of nitrogens with one attached hydrogen (secondary N) is 2. The van der Waals surface area contributed by atoms with Crippen LogP contribution in [0.15, 0.2) is 30.3 Å². The normalized spacial score (nSPS) is 13.0. The summed E-state index contributed by atoms with van der Waals surface area (Å²) in [6.07, 6.45) is -1.83. The van der Waals surface area contributed by atoms with E-state index in [4.69, 9.17) is 19.3 Å². The van der Waals surface area contributed by atoms with Gasteiger partial charge in [0.15, 0.2) is 0 Å². The summed E-state index contributed by atoms with van der Waals surface area (Å²) in [6.45, 7) is 11.6. The third-order valence-electron chi connectivity index (χ3n) is 5.22. The van der Waals surface area contributed by atoms with E-state index in [1.54, 1.807) is 45.0 Å². The van der Waals surface area contributed by atoms with Crippen molar-refractivity contribution >= 4 is 38.0 Å². The number of hydrogen-bond donors (Lipinski definition) is 3. The highest BCUT2D eigenvalue weighted by molar-refractivity contribution is 6.76. The number of ether oxygens (including phenoxy) is 3. The van der Waals surface area contributed by atoms with Gasteiger partial charge in [0, 0.05) is 20.9 Å². The number of esters is 2. The summed E-state index contributed by atoms with van der Waals surface area (Å²) in [7, 11) is -1.50. The van der Waals surface area contributed by atoms with Crippen molar-refractivity contribution in [2.75, 3.05) is 6.61 Å². The van der Waals surface area contributed by atoms with Crippen molar-refractivity contribution < 1.29 is 43.3 Å². The molecule has 0 fully saturated rings. The van der Waals surface area contributed by atoms with Crippen molar-refractivity contribution in [3.05, 3.63) is 35.9 Å². The lowest BCUT2D eigenvalue weighted by molar-refractivity contribution is -0.155. The maximum atomic E-state index is 13.2. The third-order valence-corrected chi connectivity index (χ3v) is 6.93. The van der Waals surface area contributed by atoms with Gasteiger partial charge in [-0.25, -0.2) is 9.59 Å². The number of carbonyl (C=O) groups excluding carboxylic acids is 4. The summed E-state index contributed by atoms with van der Waals surface area (Å²) in [4.78, 5) is 61.7. The van der Waals surface area contributed by atoms with Gasteiger partial charge in [0.05, 0.1) is 6.61 Å². The molecule has 12 heteroatoms. The molecule has 0 aliphatic rings. The fourth-order valence-corrected chi connectivity index (χ4v) is 3.89. The first-order valence-corrected chi connectivity index (χ1v) is 16.6. The Balaban J connectivity index is 2.94. The topological polar surface area (TPSA) is 157 Å². The number of aliphatic carboxylic acids is 1. The molecule has 0 saturated carbocycles. The Labute approximate surface area is 231 Å². The van der Waals surface area contributed by atoms with E-state index in [1.165, 1.54) is 0 Å². The molecule has 0 radical (unpaired) electrons. The summed E-state index contributed by atoms with van der Waals surface area (Å²) in [5, 5.41) is 14.0. The van der Waals surface area contributed by atoms with E-state index in [1.807, 2.05) is 6.07 Å². The van der Waals surface area contributed by atoms with E-state index >= 15 is 0 Å². The maximum absolute atomic E-state index is 13.2. The van der Waals surface area contributed by atoms with Crippen molar-refractivity contribution in [2.24, 2.45) is 0 Å². The second kappa shape index (κ2) is 15.9. The molecule has 1 rings (SSSR count). The zero-order chi connectivity index (χ0) is 29.6. The Kier molecular flexibility index (Phi) is 13.7. The molecule has 0 spiro atoms. The van der Waals surface area contributed by atoms with Crippen LogP contribution in [0.3, 0.4) is 0 Å². The molecular weight excluding hydrogens is 524 g/mol. The van der Waals surface area contributed by atoms with Crippen LogP contribution in [0.2, 0.25) is 25.7 Å². The summed E-state index contributed by atoms with van der Waals surface area (Å²) in [5.74, 6) is -3.27. The molecule has 0 saturated heterocycles. The first-order valence-electron chi connectivity index (χ1n) is 12.9. The molecule has 2 atom stereocenters. The van der Waals surface area contributed by atoms with E-state index < -0.39 is 55.7 Å². The Morgan fingerprint density at radius 2 is 1.51 bits per heavy atom. The molecule has 0 aromatic heterocycles. The quantitative estimate of drug-likeness (QED) is 0.164. The molecule has 0 aliphatic carbocycles. The smallest absolute Gasteiger partial charge is 0.408 e. The van der Waals surface area contributed by atoms with Crippen LogP contribution in [0.25, 0.3) is 0 Å². The monoisotopic (exact) mass is 566 g/mol. The molecule has 1 aromatic rings. The van der Waals surface area contributed by atoms with E-state index in [2.05, 4.69) is 30.3 Å². The van der Waals surface area contributed by atoms with Gasteiger partial charge in [-0.2, -0.15) is 0 Å². The minimum absolute atomic E-state index is 0.0439. The first-order chi connectivity index (χ1) is 18.1. The number of carboxylic acids is 1. The molecule has 0 aliphatic heterocycles. The van der Waals surface area contributed by atoms with Crippen molar-refractivity contribution in [1.82, 2.24) is 10.6 Å². The molecule has 3 N–H and O–H groups in total. The van der Waals surface area contributed by atoms with E-state index in [0.29, 0.717) is 6.04 Å². The molecular formula is C27H42N2O9Si. The van der Waals surface area contributed by atoms with Crippen LogP contribution in [0.4, 0.5) is 4.79 Å². The summed E-state index contributed by atoms with van der Waals surface area (Å²) < 4.78 is 15.8. The van der Waals surface area contributed by atoms with Gasteiger partial charge in [0.2, 0.25) is 5.91 Å². The standard InChI is InChI=1S/C27H42N2O9Si/c1-27(2,3)38-23(32)15-13-20(29-26(35)37-18-19-10-8-7-9-11-19)24(33)28-21(12-14-22(30)31)25(34)36-16-17-39(4,5)6/h7-11,20-21H,12-18H2,1-6H3,(H,28,33)(H,29,35)(H,30,31)/t20-,21-/m0/s1. The van der Waals surface area contributed by atoms with Crippen LogP contribution in [-0.4, -0.2) is 67.4 Å². The second-order valence-corrected chi connectivity index (χ2v) is 17.0. The lowest BCUT2D eigenvalue weighted by atomic mass is 10.1. The van der Waals surface area contributed by atoms with Crippen LogP contribution < -0.4 is 10.6 Å². The molecule has 0 bridgehead atoms. The number of benzene rings is 1. The van der Waals surface area contributed by atoms with Gasteiger partial charge < -0.3 is 30.0 Å². The van der Waals surface area contributed by atoms with Crippen molar-refractivity contribution in [3.63, 3.8) is 0 Å². The second-order valence-electron chi connectivity index (χ2n) is 11.4. The Hall–Kier alpha value is -3.41. The van der Waals surface area contributed by atoms with Crippen LogP contribution in [0.1, 0.15) is 52.0 Å². The number of carbonyl (C=O) groups is 5. The van der Waals surface area contributed by atoms with Gasteiger partial charge in [-0.15, -0.1) is 0 Å². The highest BCUT2D eigenvalue weighted by atomic mass is 28.3. The minimum Gasteiger partial charge on any atom is -0.481 e. The van der Waals surface area contributed by atoms with Gasteiger partial charge in [0.1, 0.15) is 24.3 Å². The Morgan fingerprint density at radius 3 is 2.08 bits per heavy atom. The fourth-order valence-electron chi connectivity index (χ4n) is 3.18. The zero-order valence-corrected chi connectivity index (χ0v) is 24.7. The molecule has 1 aromatic carbocycles. The number of alkyl carbamates (subject to hydrolysis) is 1. The van der Waals surface area contributed by atoms with E-state index in [0.717, 1.165) is 5.56 Å². The molecule has 0 heterocycles. The Morgan fingerprint density at radius 1 is 0.897 bits per heavy atom. The lowest BCUT2D eigenvalue weighted by Crippen LogP contribution is -2.52. The van der Waals surface area contributed by atoms with Crippen molar-refractivity contribution in [1.29, 1.82) is 0 Å². The maximum Gasteiger partial charge on any atom is 0.408 e. The number of carboxylic acid groups (broad SMARTS) is 1.